The van der Waals surface area contributed by atoms with Gasteiger partial charge < -0.3 is 14.9 Å². The number of hydrogen-bond donors (Lipinski definition) is 2. The number of benzene rings is 1. The van der Waals surface area contributed by atoms with Crippen molar-refractivity contribution in [3.05, 3.63) is 41.5 Å². The Morgan fingerprint density at radius 3 is 2.68 bits per heavy atom. The summed E-state index contributed by atoms with van der Waals surface area (Å²) in [7, 11) is 1.52. The molecule has 0 amide bonds. The van der Waals surface area contributed by atoms with Crippen LogP contribution in [0.1, 0.15) is 36.3 Å². The third kappa shape index (κ3) is 1.92. The van der Waals surface area contributed by atoms with Gasteiger partial charge in [0.15, 0.2) is 0 Å². The highest BCUT2D eigenvalue weighted by Crippen LogP contribution is 2.53. The Labute approximate surface area is 128 Å². The lowest BCUT2D eigenvalue weighted by molar-refractivity contribution is -0.149. The van der Waals surface area contributed by atoms with Gasteiger partial charge >= 0.3 is 11.9 Å². The fourth-order valence-corrected chi connectivity index (χ4v) is 3.90. The van der Waals surface area contributed by atoms with Crippen LogP contribution in [-0.2, 0) is 15.0 Å². The summed E-state index contributed by atoms with van der Waals surface area (Å²) < 4.78 is 5.22. The molecule has 0 heterocycles. The van der Waals surface area contributed by atoms with Crippen molar-refractivity contribution in [2.75, 3.05) is 7.11 Å². The first-order valence-corrected chi connectivity index (χ1v) is 7.30. The van der Waals surface area contributed by atoms with Crippen LogP contribution in [0, 0.1) is 5.92 Å². The predicted molar refractivity (Wildman–Crippen MR) is 79.2 cm³/mol. The lowest BCUT2D eigenvalue weighted by Crippen LogP contribution is -2.48. The van der Waals surface area contributed by atoms with Crippen LogP contribution >= 0.6 is 0 Å². The van der Waals surface area contributed by atoms with Gasteiger partial charge in [-0.3, -0.25) is 9.59 Å². The number of methoxy groups -OCH3 is 1. The van der Waals surface area contributed by atoms with Gasteiger partial charge in [0, 0.05) is 0 Å². The first kappa shape index (κ1) is 14.6. The molecule has 2 aliphatic rings. The fourth-order valence-electron chi connectivity index (χ4n) is 3.90. The number of hydrogen-bond acceptors (Lipinski definition) is 3. The summed E-state index contributed by atoms with van der Waals surface area (Å²) in [5.41, 5.74) is 0.138. The Morgan fingerprint density at radius 1 is 1.27 bits per heavy atom. The number of fused-ring (bicyclic) bond motifs is 3. The maximum atomic E-state index is 12.1. The van der Waals surface area contributed by atoms with Crippen LogP contribution in [0.2, 0.25) is 0 Å². The number of carboxylic acids is 2. The van der Waals surface area contributed by atoms with Gasteiger partial charge in [-0.2, -0.15) is 0 Å². The van der Waals surface area contributed by atoms with Gasteiger partial charge in [-0.05, 0) is 48.4 Å². The van der Waals surface area contributed by atoms with Gasteiger partial charge in [0.2, 0.25) is 0 Å². The van der Waals surface area contributed by atoms with Gasteiger partial charge in [-0.1, -0.05) is 18.2 Å². The number of rotatable bonds is 3. The molecule has 5 nitrogen and oxygen atoms in total. The maximum absolute atomic E-state index is 12.1. The van der Waals surface area contributed by atoms with Crippen molar-refractivity contribution in [2.24, 2.45) is 5.92 Å². The second-order valence-corrected chi connectivity index (χ2v) is 5.96. The van der Waals surface area contributed by atoms with Crippen LogP contribution in [0.5, 0.6) is 5.75 Å². The monoisotopic (exact) mass is 302 g/mol. The van der Waals surface area contributed by atoms with E-state index in [1.807, 2.05) is 12.2 Å². The van der Waals surface area contributed by atoms with E-state index < -0.39 is 23.3 Å². The molecule has 3 rings (SSSR count). The van der Waals surface area contributed by atoms with E-state index >= 15 is 0 Å². The second kappa shape index (κ2) is 5.16. The van der Waals surface area contributed by atoms with Gasteiger partial charge in [-0.15, -0.1) is 0 Å². The number of ether oxygens (including phenoxy) is 1. The zero-order valence-corrected chi connectivity index (χ0v) is 12.3. The van der Waals surface area contributed by atoms with Gasteiger partial charge in [0.1, 0.15) is 5.75 Å². The minimum absolute atomic E-state index is 0.212. The third-order valence-electron chi connectivity index (χ3n) is 5.04. The van der Waals surface area contributed by atoms with E-state index in [1.165, 1.54) is 7.11 Å². The molecule has 1 aromatic carbocycles. The molecule has 0 bridgehead atoms. The maximum Gasteiger partial charge on any atom is 0.314 e. The fraction of sp³-hybridized carbons (Fsp3) is 0.412. The zero-order valence-electron chi connectivity index (χ0n) is 12.3. The Hall–Kier alpha value is -2.30. The third-order valence-corrected chi connectivity index (χ3v) is 5.04. The molecule has 0 spiro atoms. The molecule has 0 aliphatic heterocycles. The topological polar surface area (TPSA) is 83.8 Å². The van der Waals surface area contributed by atoms with E-state index in [0.29, 0.717) is 36.1 Å². The zero-order chi connectivity index (χ0) is 15.9. The van der Waals surface area contributed by atoms with Crippen molar-refractivity contribution in [3.8, 4) is 5.75 Å². The second-order valence-electron chi connectivity index (χ2n) is 5.96. The van der Waals surface area contributed by atoms with E-state index in [1.54, 1.807) is 18.2 Å². The SMILES string of the molecule is COc1ccc2c(c1)[C@@]1(C(=O)O)CC=CC[C@H]1C[C@H]2C(=O)O. The summed E-state index contributed by atoms with van der Waals surface area (Å²) in [6.45, 7) is 0. The van der Waals surface area contributed by atoms with E-state index in [9.17, 15) is 19.8 Å². The van der Waals surface area contributed by atoms with Crippen LogP contribution in [0.3, 0.4) is 0 Å². The average molecular weight is 302 g/mol. The number of aliphatic carboxylic acids is 2. The molecule has 2 N–H and O–H groups in total. The Bertz CT molecular complexity index is 663. The minimum atomic E-state index is -1.05. The van der Waals surface area contributed by atoms with Crippen LogP contribution in [0.15, 0.2) is 30.4 Å². The highest BCUT2D eigenvalue weighted by Gasteiger charge is 2.53. The summed E-state index contributed by atoms with van der Waals surface area (Å²) in [6, 6.07) is 5.10. The Kier molecular flexibility index (Phi) is 3.43. The molecule has 0 fully saturated rings. The largest absolute Gasteiger partial charge is 0.497 e. The lowest BCUT2D eigenvalue weighted by atomic mass is 9.56. The number of carboxylic acid groups (broad SMARTS) is 2. The summed E-state index contributed by atoms with van der Waals surface area (Å²) in [5, 5.41) is 19.5. The van der Waals surface area contributed by atoms with Crippen LogP contribution in [0.4, 0.5) is 0 Å². The van der Waals surface area contributed by atoms with E-state index in [2.05, 4.69) is 0 Å². The highest BCUT2D eigenvalue weighted by molar-refractivity contribution is 5.87. The Morgan fingerprint density at radius 2 is 2.05 bits per heavy atom. The molecule has 0 radical (unpaired) electrons. The first-order valence-electron chi connectivity index (χ1n) is 7.30. The van der Waals surface area contributed by atoms with E-state index in [4.69, 9.17) is 4.74 Å². The molecule has 0 saturated heterocycles. The normalized spacial score (nSPS) is 29.3. The van der Waals surface area contributed by atoms with Crippen molar-refractivity contribution in [3.63, 3.8) is 0 Å². The van der Waals surface area contributed by atoms with E-state index in [-0.39, 0.29) is 5.92 Å². The first-order chi connectivity index (χ1) is 10.5. The van der Waals surface area contributed by atoms with Crippen LogP contribution in [0.25, 0.3) is 0 Å². The van der Waals surface area contributed by atoms with Crippen molar-refractivity contribution >= 4 is 11.9 Å². The molecule has 116 valence electrons. The molecular weight excluding hydrogens is 284 g/mol. The molecule has 0 saturated carbocycles. The van der Waals surface area contributed by atoms with E-state index in [0.717, 1.165) is 0 Å². The summed E-state index contributed by atoms with van der Waals surface area (Å²) in [5.74, 6) is -2.11. The van der Waals surface area contributed by atoms with Crippen molar-refractivity contribution in [1.29, 1.82) is 0 Å². The van der Waals surface area contributed by atoms with Crippen molar-refractivity contribution in [2.45, 2.75) is 30.6 Å². The van der Waals surface area contributed by atoms with Gasteiger partial charge in [0.25, 0.3) is 0 Å². The number of carbonyl (C=O) groups is 2. The molecule has 0 unspecified atom stereocenters. The standard InChI is InChI=1S/C17H18O5/c1-22-11-5-6-12-13(15(18)19)8-10-4-2-3-7-17(10,16(20)21)14(12)9-11/h2-3,5-6,9-10,13H,4,7-8H2,1H3,(H,18,19)(H,20,21)/t10-,13+,17+/m0/s1. The summed E-state index contributed by atoms with van der Waals surface area (Å²) in [4.78, 5) is 23.8. The predicted octanol–water partition coefficient (Wildman–Crippen LogP) is 2.56. The smallest absolute Gasteiger partial charge is 0.314 e. The van der Waals surface area contributed by atoms with Crippen LogP contribution < -0.4 is 4.74 Å². The molecule has 3 atom stereocenters. The van der Waals surface area contributed by atoms with Crippen LogP contribution in [-0.4, -0.2) is 29.3 Å². The minimum Gasteiger partial charge on any atom is -0.497 e. The van der Waals surface area contributed by atoms with Gasteiger partial charge in [0.05, 0.1) is 18.4 Å². The number of allylic oxidation sites excluding steroid dienone is 2. The molecule has 5 heteroatoms. The van der Waals surface area contributed by atoms with Gasteiger partial charge in [-0.25, -0.2) is 0 Å². The Balaban J connectivity index is 2.27. The molecule has 1 aromatic rings. The average Bonchev–Trinajstić information content (AvgIpc) is 2.52. The summed E-state index contributed by atoms with van der Waals surface area (Å²) >= 11 is 0. The quantitative estimate of drug-likeness (QED) is 0.838. The summed E-state index contributed by atoms with van der Waals surface area (Å²) in [6.07, 6.45) is 5.17. The highest BCUT2D eigenvalue weighted by atomic mass is 16.5. The molecule has 0 aromatic heterocycles. The molecule has 2 aliphatic carbocycles. The molecule has 22 heavy (non-hydrogen) atoms. The molecular formula is C17H18O5. The lowest BCUT2D eigenvalue weighted by Gasteiger charge is -2.45. The van der Waals surface area contributed by atoms with Crippen molar-refractivity contribution < 1.29 is 24.5 Å². The van der Waals surface area contributed by atoms with Crippen molar-refractivity contribution in [1.82, 2.24) is 0 Å².